The minimum absolute atomic E-state index is 0.0733. The molecule has 3 atom stereocenters. The Bertz CT molecular complexity index is 919. The molecular formula is C23H35N7O6. The Morgan fingerprint density at radius 1 is 1.25 bits per heavy atom. The van der Waals surface area contributed by atoms with Crippen molar-refractivity contribution in [3.8, 4) is 0 Å². The second-order valence-electron chi connectivity index (χ2n) is 8.81. The van der Waals surface area contributed by atoms with Crippen LogP contribution in [0.4, 0.5) is 0 Å². The van der Waals surface area contributed by atoms with E-state index in [1.54, 1.807) is 19.3 Å². The fourth-order valence-corrected chi connectivity index (χ4v) is 3.64. The lowest BCUT2D eigenvalue weighted by Gasteiger charge is -2.25. The number of carbonyl (C=O) groups excluding carboxylic acids is 3. The average Bonchev–Trinajstić information content (AvgIpc) is 3.38. The van der Waals surface area contributed by atoms with Gasteiger partial charge in [-0.2, -0.15) is 0 Å². The third kappa shape index (κ3) is 9.86. The zero-order valence-electron chi connectivity index (χ0n) is 20.6. The molecule has 0 spiro atoms. The Kier molecular flexibility index (Phi) is 11.6. The van der Waals surface area contributed by atoms with Gasteiger partial charge in [0, 0.05) is 6.54 Å². The summed E-state index contributed by atoms with van der Waals surface area (Å²) in [6.07, 6.45) is 2.01. The number of nitro groups is 1. The van der Waals surface area contributed by atoms with Crippen molar-refractivity contribution in [2.24, 2.45) is 16.6 Å². The van der Waals surface area contributed by atoms with Crippen LogP contribution in [0.15, 0.2) is 35.3 Å². The van der Waals surface area contributed by atoms with Gasteiger partial charge in [0.1, 0.15) is 18.7 Å². The minimum Gasteiger partial charge on any atom is -0.459 e. The number of nitrogens with zero attached hydrogens (tertiary/aromatic N) is 2. The molecule has 0 unspecified atom stereocenters. The zero-order chi connectivity index (χ0) is 26.5. The zero-order valence-corrected chi connectivity index (χ0v) is 20.6. The van der Waals surface area contributed by atoms with Crippen molar-refractivity contribution in [3.63, 3.8) is 0 Å². The van der Waals surface area contributed by atoms with Crippen molar-refractivity contribution in [2.75, 3.05) is 13.1 Å². The number of benzene rings is 1. The predicted molar refractivity (Wildman–Crippen MR) is 132 cm³/mol. The molecule has 2 rings (SSSR count). The van der Waals surface area contributed by atoms with Gasteiger partial charge < -0.3 is 26.4 Å². The molecule has 6 N–H and O–H groups in total. The van der Waals surface area contributed by atoms with Crippen LogP contribution < -0.4 is 27.1 Å². The lowest BCUT2D eigenvalue weighted by atomic mass is 10.0. The minimum atomic E-state index is -0.942. The Labute approximate surface area is 209 Å². The molecule has 0 aromatic heterocycles. The van der Waals surface area contributed by atoms with Gasteiger partial charge in [-0.3, -0.25) is 9.59 Å². The van der Waals surface area contributed by atoms with Crippen LogP contribution in [0.1, 0.15) is 45.1 Å². The van der Waals surface area contributed by atoms with Crippen molar-refractivity contribution < 1.29 is 24.2 Å². The van der Waals surface area contributed by atoms with Crippen LogP contribution in [0, 0.1) is 16.0 Å². The topological polar surface area (TPSA) is 190 Å². The first-order valence-corrected chi connectivity index (χ1v) is 11.9. The maximum atomic E-state index is 13.1. The van der Waals surface area contributed by atoms with E-state index in [-0.39, 0.29) is 37.4 Å². The summed E-state index contributed by atoms with van der Waals surface area (Å²) in [5.74, 6) is -2.03. The quantitative estimate of drug-likeness (QED) is 0.0612. The highest BCUT2D eigenvalue weighted by atomic mass is 16.7. The van der Waals surface area contributed by atoms with Gasteiger partial charge >= 0.3 is 5.97 Å². The van der Waals surface area contributed by atoms with Gasteiger partial charge in [-0.1, -0.05) is 49.6 Å². The van der Waals surface area contributed by atoms with Crippen molar-refractivity contribution in [2.45, 2.75) is 64.3 Å². The maximum Gasteiger partial charge on any atom is 0.329 e. The summed E-state index contributed by atoms with van der Waals surface area (Å²) in [7, 11) is 0. The molecule has 0 radical (unpaired) electrons. The molecule has 198 valence electrons. The van der Waals surface area contributed by atoms with E-state index in [9.17, 15) is 24.5 Å². The van der Waals surface area contributed by atoms with Crippen molar-refractivity contribution in [1.82, 2.24) is 21.4 Å². The number of nitrogens with two attached hydrogens (primary N) is 1. The lowest BCUT2D eigenvalue weighted by Crippen LogP contribution is -2.55. The Balaban J connectivity index is 2.01. The van der Waals surface area contributed by atoms with Gasteiger partial charge in [-0.05, 0) is 43.7 Å². The third-order valence-electron chi connectivity index (χ3n) is 5.59. The summed E-state index contributed by atoms with van der Waals surface area (Å²) >= 11 is 0. The molecule has 1 aliphatic rings. The number of carbonyl (C=O) groups is 3. The van der Waals surface area contributed by atoms with Gasteiger partial charge in [0.2, 0.25) is 11.8 Å². The molecular weight excluding hydrogens is 470 g/mol. The fraction of sp³-hybridized carbons (Fsp3) is 0.565. The van der Waals surface area contributed by atoms with Crippen molar-refractivity contribution in [3.05, 3.63) is 46.0 Å². The highest BCUT2D eigenvalue weighted by Crippen LogP contribution is 2.10. The highest BCUT2D eigenvalue weighted by molar-refractivity contribution is 5.92. The molecule has 13 nitrogen and oxygen atoms in total. The van der Waals surface area contributed by atoms with E-state index in [4.69, 9.17) is 10.5 Å². The first kappa shape index (κ1) is 28.5. The molecule has 1 aliphatic heterocycles. The number of hydrogen-bond donors (Lipinski definition) is 5. The van der Waals surface area contributed by atoms with E-state index in [0.29, 0.717) is 12.8 Å². The van der Waals surface area contributed by atoms with Crippen molar-refractivity contribution in [1.29, 1.82) is 0 Å². The SMILES string of the molecule is CC(C)[C@H](NC(=O)[C@H](CCCN=C(N)N[N+](=O)[O-])NC(=O)[C@@H]1CCCN1)C(=O)OCc1ccccc1. The average molecular weight is 506 g/mol. The Morgan fingerprint density at radius 2 is 1.97 bits per heavy atom. The summed E-state index contributed by atoms with van der Waals surface area (Å²) in [6.45, 7) is 4.45. The number of ether oxygens (including phenoxy) is 1. The maximum absolute atomic E-state index is 13.1. The molecule has 0 aliphatic carbocycles. The molecule has 1 fully saturated rings. The number of guanidine groups is 1. The predicted octanol–water partition coefficient (Wildman–Crippen LogP) is -0.0164. The van der Waals surface area contributed by atoms with Crippen LogP contribution in [0.5, 0.6) is 0 Å². The van der Waals surface area contributed by atoms with Crippen LogP contribution in [-0.2, 0) is 25.7 Å². The number of amides is 2. The first-order valence-electron chi connectivity index (χ1n) is 11.9. The summed E-state index contributed by atoms with van der Waals surface area (Å²) in [4.78, 5) is 52.8. The van der Waals surface area contributed by atoms with E-state index < -0.39 is 35.0 Å². The van der Waals surface area contributed by atoms with Crippen LogP contribution in [0.25, 0.3) is 0 Å². The van der Waals surface area contributed by atoms with Crippen LogP contribution in [-0.4, -0.2) is 60.0 Å². The molecule has 13 heteroatoms. The smallest absolute Gasteiger partial charge is 0.329 e. The van der Waals surface area contributed by atoms with E-state index >= 15 is 0 Å². The molecule has 0 saturated carbocycles. The lowest BCUT2D eigenvalue weighted by molar-refractivity contribution is -0.525. The van der Waals surface area contributed by atoms with E-state index in [2.05, 4.69) is 20.9 Å². The second-order valence-corrected chi connectivity index (χ2v) is 8.81. The number of rotatable bonds is 13. The van der Waals surface area contributed by atoms with E-state index in [1.807, 2.05) is 30.3 Å². The van der Waals surface area contributed by atoms with Gasteiger partial charge in [0.25, 0.3) is 5.96 Å². The third-order valence-corrected chi connectivity index (χ3v) is 5.59. The highest BCUT2D eigenvalue weighted by Gasteiger charge is 2.31. The Hall–Kier alpha value is -3.74. The molecule has 1 aromatic carbocycles. The van der Waals surface area contributed by atoms with Crippen LogP contribution >= 0.6 is 0 Å². The molecule has 36 heavy (non-hydrogen) atoms. The molecule has 1 saturated heterocycles. The number of aliphatic imine (C=N–C) groups is 1. The van der Waals surface area contributed by atoms with Crippen LogP contribution in [0.3, 0.4) is 0 Å². The van der Waals surface area contributed by atoms with Crippen LogP contribution in [0.2, 0.25) is 0 Å². The Morgan fingerprint density at radius 3 is 2.58 bits per heavy atom. The normalized spacial score (nSPS) is 17.2. The first-order chi connectivity index (χ1) is 17.2. The van der Waals surface area contributed by atoms with Crippen molar-refractivity contribution >= 4 is 23.7 Å². The van der Waals surface area contributed by atoms with Gasteiger partial charge in [0.05, 0.1) is 6.04 Å². The van der Waals surface area contributed by atoms with Gasteiger partial charge in [0.15, 0.2) is 5.03 Å². The molecule has 1 heterocycles. The molecule has 1 aromatic rings. The van der Waals surface area contributed by atoms with Gasteiger partial charge in [-0.25, -0.2) is 19.9 Å². The monoisotopic (exact) mass is 505 g/mol. The number of esters is 1. The summed E-state index contributed by atoms with van der Waals surface area (Å²) in [5.41, 5.74) is 7.96. The van der Waals surface area contributed by atoms with E-state index in [1.165, 1.54) is 0 Å². The van der Waals surface area contributed by atoms with Gasteiger partial charge in [-0.15, -0.1) is 0 Å². The number of hydrazine groups is 1. The molecule has 2 amide bonds. The number of hydrogen-bond acceptors (Lipinski definition) is 8. The summed E-state index contributed by atoms with van der Waals surface area (Å²) < 4.78 is 5.41. The second kappa shape index (κ2) is 14.6. The summed E-state index contributed by atoms with van der Waals surface area (Å²) in [5, 5.41) is 18.1. The fourth-order valence-electron chi connectivity index (χ4n) is 3.64. The largest absolute Gasteiger partial charge is 0.459 e. The summed E-state index contributed by atoms with van der Waals surface area (Å²) in [6, 6.07) is 6.94. The standard InChI is InChI=1S/C23H35N7O6/c1-15(2)19(22(33)36-14-16-8-4-3-5-9-16)28-21(32)18(27-20(31)17-10-6-12-25-17)11-7-13-26-23(24)29-30(34)35/h3-5,8-9,15,17-19,25H,6-7,10-14H2,1-2H3,(H,27,31)(H,28,32)(H3,24,26,29)/t17-,18-,19-/m0/s1. The molecule has 0 bridgehead atoms. The number of nitrogens with one attached hydrogen (secondary N) is 4. The van der Waals surface area contributed by atoms with E-state index in [0.717, 1.165) is 18.5 Å².